The van der Waals surface area contributed by atoms with Gasteiger partial charge in [0.2, 0.25) is 0 Å². The van der Waals surface area contributed by atoms with E-state index < -0.39 is 39.5 Å². The van der Waals surface area contributed by atoms with Crippen LogP contribution in [0, 0.1) is 5.92 Å². The molecule has 0 aliphatic heterocycles. The average Bonchev–Trinajstić information content (AvgIpc) is 2.51. The van der Waals surface area contributed by atoms with Gasteiger partial charge in [0.05, 0.1) is 24.7 Å². The lowest BCUT2D eigenvalue weighted by Crippen LogP contribution is -2.35. The highest BCUT2D eigenvalue weighted by Crippen LogP contribution is 2.31. The zero-order valence-corrected chi connectivity index (χ0v) is 18.6. The van der Waals surface area contributed by atoms with Crippen molar-refractivity contribution in [1.29, 1.82) is 0 Å². The molecule has 0 aliphatic carbocycles. The maximum Gasteiger partial charge on any atom is 0.314 e. The van der Waals surface area contributed by atoms with Crippen LogP contribution >= 0.6 is 0 Å². The van der Waals surface area contributed by atoms with Gasteiger partial charge in [-0.1, -0.05) is 12.1 Å². The van der Waals surface area contributed by atoms with E-state index >= 15 is 0 Å². The van der Waals surface area contributed by atoms with Crippen molar-refractivity contribution in [2.24, 2.45) is 11.7 Å². The van der Waals surface area contributed by atoms with Gasteiger partial charge < -0.3 is 19.4 Å². The highest BCUT2D eigenvalue weighted by Gasteiger charge is 2.34. The normalized spacial score (nSPS) is 14.2. The zero-order valence-electron chi connectivity index (χ0n) is 17.8. The third-order valence-corrected chi connectivity index (χ3v) is 4.21. The number of hydrogen-bond donors (Lipinski definition) is 1. The van der Waals surface area contributed by atoms with Crippen LogP contribution in [0.4, 0.5) is 0 Å². The molecule has 1 aromatic carbocycles. The van der Waals surface area contributed by atoms with Gasteiger partial charge in [-0.05, 0) is 64.8 Å². The Hall–Kier alpha value is -2.13. The van der Waals surface area contributed by atoms with Crippen molar-refractivity contribution in [3.63, 3.8) is 0 Å². The van der Waals surface area contributed by atoms with E-state index in [-0.39, 0.29) is 24.8 Å². The Balaban J connectivity index is 3.22. The molecular formula is C20H31NO7S. The van der Waals surface area contributed by atoms with E-state index in [4.69, 9.17) is 19.4 Å². The Kier molecular flexibility index (Phi) is 8.65. The van der Waals surface area contributed by atoms with Crippen LogP contribution in [0.25, 0.3) is 0 Å². The SMILES string of the molecule is CC(C)OC(=O)CC(CN)C(C(=O)OC(C)(C)C)c1ccc(OS(C)(=O)=O)cc1. The van der Waals surface area contributed by atoms with Crippen LogP contribution < -0.4 is 9.92 Å². The maximum atomic E-state index is 12.9. The Morgan fingerprint density at radius 1 is 1.10 bits per heavy atom. The summed E-state index contributed by atoms with van der Waals surface area (Å²) >= 11 is 0. The molecule has 0 aliphatic rings. The molecule has 0 fully saturated rings. The van der Waals surface area contributed by atoms with Crippen molar-refractivity contribution in [2.75, 3.05) is 12.8 Å². The zero-order chi connectivity index (χ0) is 22.4. The summed E-state index contributed by atoms with van der Waals surface area (Å²) in [6, 6.07) is 6.00. The van der Waals surface area contributed by atoms with Gasteiger partial charge >= 0.3 is 22.1 Å². The summed E-state index contributed by atoms with van der Waals surface area (Å²) in [6.07, 6.45) is 0.600. The van der Waals surface area contributed by atoms with Crippen molar-refractivity contribution in [1.82, 2.24) is 0 Å². The van der Waals surface area contributed by atoms with Gasteiger partial charge in [0, 0.05) is 0 Å². The predicted molar refractivity (Wildman–Crippen MR) is 109 cm³/mol. The second-order valence-corrected chi connectivity index (χ2v) is 9.68. The fourth-order valence-electron chi connectivity index (χ4n) is 2.73. The van der Waals surface area contributed by atoms with Crippen LogP contribution in [0.2, 0.25) is 0 Å². The monoisotopic (exact) mass is 429 g/mol. The molecule has 29 heavy (non-hydrogen) atoms. The highest BCUT2D eigenvalue weighted by molar-refractivity contribution is 7.86. The molecule has 0 radical (unpaired) electrons. The topological polar surface area (TPSA) is 122 Å². The third kappa shape index (κ3) is 9.27. The van der Waals surface area contributed by atoms with Gasteiger partial charge in [0.25, 0.3) is 0 Å². The molecule has 1 aromatic rings. The summed E-state index contributed by atoms with van der Waals surface area (Å²) in [7, 11) is -3.67. The van der Waals surface area contributed by atoms with Gasteiger partial charge in [-0.15, -0.1) is 0 Å². The highest BCUT2D eigenvalue weighted by atomic mass is 32.2. The summed E-state index contributed by atoms with van der Waals surface area (Å²) < 4.78 is 38.1. The molecule has 2 atom stereocenters. The Morgan fingerprint density at radius 3 is 2.07 bits per heavy atom. The van der Waals surface area contributed by atoms with Crippen molar-refractivity contribution in [3.8, 4) is 5.75 Å². The van der Waals surface area contributed by atoms with Crippen LogP contribution in [-0.2, 0) is 29.2 Å². The summed E-state index contributed by atoms with van der Waals surface area (Å²) in [5.41, 5.74) is 5.69. The van der Waals surface area contributed by atoms with Crippen molar-refractivity contribution in [2.45, 2.75) is 58.7 Å². The number of rotatable bonds is 9. The molecular weight excluding hydrogens is 398 g/mol. The number of ether oxygens (including phenoxy) is 2. The molecule has 0 aromatic heterocycles. The predicted octanol–water partition coefficient (Wildman–Crippen LogP) is 2.37. The summed E-state index contributed by atoms with van der Waals surface area (Å²) in [5, 5.41) is 0. The second-order valence-electron chi connectivity index (χ2n) is 8.11. The van der Waals surface area contributed by atoms with Crippen molar-refractivity contribution in [3.05, 3.63) is 29.8 Å². The van der Waals surface area contributed by atoms with E-state index in [1.807, 2.05) is 0 Å². The molecule has 0 amide bonds. The van der Waals surface area contributed by atoms with E-state index in [0.29, 0.717) is 5.56 Å². The molecule has 9 heteroatoms. The van der Waals surface area contributed by atoms with Crippen LogP contribution in [0.5, 0.6) is 5.75 Å². The number of carbonyl (C=O) groups is 2. The van der Waals surface area contributed by atoms with E-state index in [0.717, 1.165) is 6.26 Å². The Bertz CT molecular complexity index is 795. The quantitative estimate of drug-likeness (QED) is 0.469. The maximum absolute atomic E-state index is 12.9. The van der Waals surface area contributed by atoms with Gasteiger partial charge in [0.15, 0.2) is 0 Å². The first-order valence-electron chi connectivity index (χ1n) is 9.33. The molecule has 1 rings (SSSR count). The minimum absolute atomic E-state index is 0.0543. The number of benzene rings is 1. The molecule has 164 valence electrons. The molecule has 0 saturated carbocycles. The van der Waals surface area contributed by atoms with Crippen LogP contribution in [-0.4, -0.2) is 44.9 Å². The molecule has 8 nitrogen and oxygen atoms in total. The van der Waals surface area contributed by atoms with Crippen LogP contribution in [0.3, 0.4) is 0 Å². The molecule has 2 unspecified atom stereocenters. The minimum atomic E-state index is -3.67. The molecule has 0 spiro atoms. The van der Waals surface area contributed by atoms with Gasteiger partial charge in [-0.2, -0.15) is 8.42 Å². The second kappa shape index (κ2) is 10.1. The van der Waals surface area contributed by atoms with Gasteiger partial charge in [-0.25, -0.2) is 0 Å². The van der Waals surface area contributed by atoms with Crippen molar-refractivity contribution < 1.29 is 31.7 Å². The van der Waals surface area contributed by atoms with E-state index in [2.05, 4.69) is 0 Å². The lowest BCUT2D eigenvalue weighted by atomic mass is 9.83. The number of carbonyl (C=O) groups excluding carboxylic acids is 2. The molecule has 0 saturated heterocycles. The largest absolute Gasteiger partial charge is 0.463 e. The average molecular weight is 430 g/mol. The minimum Gasteiger partial charge on any atom is -0.463 e. The molecule has 0 bridgehead atoms. The van der Waals surface area contributed by atoms with Gasteiger partial charge in [0.1, 0.15) is 11.4 Å². The van der Waals surface area contributed by atoms with Gasteiger partial charge in [-0.3, -0.25) is 9.59 Å². The summed E-state index contributed by atoms with van der Waals surface area (Å²) in [4.78, 5) is 25.1. The molecule has 0 heterocycles. The summed E-state index contributed by atoms with van der Waals surface area (Å²) in [5.74, 6) is -2.25. The smallest absolute Gasteiger partial charge is 0.314 e. The first kappa shape index (κ1) is 24.9. The molecule has 2 N–H and O–H groups in total. The first-order valence-corrected chi connectivity index (χ1v) is 11.2. The number of esters is 2. The summed E-state index contributed by atoms with van der Waals surface area (Å²) in [6.45, 7) is 8.77. The number of hydrogen-bond acceptors (Lipinski definition) is 8. The lowest BCUT2D eigenvalue weighted by Gasteiger charge is -2.29. The van der Waals surface area contributed by atoms with Crippen molar-refractivity contribution >= 4 is 22.1 Å². The van der Waals surface area contributed by atoms with Crippen LogP contribution in [0.15, 0.2) is 24.3 Å². The fraction of sp³-hybridized carbons (Fsp3) is 0.600. The fourth-order valence-corrected chi connectivity index (χ4v) is 3.19. The van der Waals surface area contributed by atoms with E-state index in [1.54, 1.807) is 46.8 Å². The Labute approximate surface area is 172 Å². The van der Waals surface area contributed by atoms with E-state index in [9.17, 15) is 18.0 Å². The lowest BCUT2D eigenvalue weighted by molar-refractivity contribution is -0.159. The first-order chi connectivity index (χ1) is 13.2. The Morgan fingerprint density at radius 2 is 1.66 bits per heavy atom. The van der Waals surface area contributed by atoms with Crippen LogP contribution in [0.1, 0.15) is 52.5 Å². The standard InChI is InChI=1S/C20H31NO7S/c1-13(2)26-17(22)11-15(12-21)18(19(23)27-20(3,4)5)14-7-9-16(10-8-14)28-29(6,24)25/h7-10,13,15,18H,11-12,21H2,1-6H3. The third-order valence-electron chi connectivity index (χ3n) is 3.72. The number of nitrogens with two attached hydrogens (primary N) is 1. The van der Waals surface area contributed by atoms with E-state index in [1.165, 1.54) is 12.1 Å².